The second-order valence-corrected chi connectivity index (χ2v) is 12.3. The van der Waals surface area contributed by atoms with Gasteiger partial charge in [-0.3, -0.25) is 14.6 Å². The van der Waals surface area contributed by atoms with Gasteiger partial charge in [-0.2, -0.15) is 0 Å². The lowest BCUT2D eigenvalue weighted by molar-refractivity contribution is -0.123. The molecule has 0 unspecified atom stereocenters. The number of benzene rings is 1. The Kier molecular flexibility index (Phi) is 8.56. The van der Waals surface area contributed by atoms with Gasteiger partial charge in [0, 0.05) is 27.7 Å². The van der Waals surface area contributed by atoms with E-state index in [2.05, 4.69) is 20.9 Å². The lowest BCUT2D eigenvalue weighted by Gasteiger charge is -2.21. The van der Waals surface area contributed by atoms with Crippen molar-refractivity contribution in [2.45, 2.75) is 70.0 Å². The number of amides is 2. The second kappa shape index (κ2) is 12.1. The highest BCUT2D eigenvalue weighted by atomic mass is 35.5. The largest absolute Gasteiger partial charge is 0.376 e. The Morgan fingerprint density at radius 2 is 1.84 bits per heavy atom. The SMILES string of the molecule is C[C@H](Nc1cc(Cl)cnc1-c1cccc(Cl)c1)c1ccc(C(=O)N[C@@H](CC2CCCC2)C(=O)NC2CC2)s1. The van der Waals surface area contributed by atoms with Crippen molar-refractivity contribution in [3.05, 3.63) is 68.5 Å². The first-order chi connectivity index (χ1) is 18.4. The molecule has 2 aliphatic rings. The first kappa shape index (κ1) is 27.0. The average Bonchev–Trinajstić information content (AvgIpc) is 3.33. The summed E-state index contributed by atoms with van der Waals surface area (Å²) in [6.45, 7) is 2.03. The molecular weight excluding hydrogens is 539 g/mol. The Morgan fingerprint density at radius 3 is 2.58 bits per heavy atom. The summed E-state index contributed by atoms with van der Waals surface area (Å²) in [5.41, 5.74) is 2.41. The molecule has 1 aromatic carbocycles. The summed E-state index contributed by atoms with van der Waals surface area (Å²) in [5, 5.41) is 10.8. The molecule has 0 radical (unpaired) electrons. The van der Waals surface area contributed by atoms with E-state index in [1.165, 1.54) is 24.2 Å². The topological polar surface area (TPSA) is 83.1 Å². The van der Waals surface area contributed by atoms with Crippen molar-refractivity contribution in [1.29, 1.82) is 0 Å². The third-order valence-electron chi connectivity index (χ3n) is 7.19. The van der Waals surface area contributed by atoms with E-state index in [0.29, 0.717) is 27.3 Å². The minimum atomic E-state index is -0.495. The van der Waals surface area contributed by atoms with Crippen LogP contribution in [0.2, 0.25) is 10.0 Å². The van der Waals surface area contributed by atoms with Crippen molar-refractivity contribution in [1.82, 2.24) is 15.6 Å². The van der Waals surface area contributed by atoms with Gasteiger partial charge >= 0.3 is 0 Å². The highest BCUT2D eigenvalue weighted by Gasteiger charge is 2.31. The molecule has 0 aliphatic heterocycles. The number of nitrogens with zero attached hydrogens (tertiary/aromatic N) is 1. The van der Waals surface area contributed by atoms with Crippen molar-refractivity contribution >= 4 is 52.0 Å². The Labute approximate surface area is 237 Å². The van der Waals surface area contributed by atoms with Gasteiger partial charge in [0.2, 0.25) is 5.91 Å². The number of aromatic nitrogens is 1. The number of thiophene rings is 1. The number of anilines is 1. The average molecular weight is 572 g/mol. The molecule has 5 rings (SSSR count). The fourth-order valence-corrected chi connectivity index (χ4v) is 6.26. The highest BCUT2D eigenvalue weighted by molar-refractivity contribution is 7.14. The summed E-state index contributed by atoms with van der Waals surface area (Å²) in [7, 11) is 0. The number of halogens is 2. The van der Waals surface area contributed by atoms with Crippen LogP contribution in [0.15, 0.2) is 48.7 Å². The zero-order valence-electron chi connectivity index (χ0n) is 21.3. The number of hydrogen-bond donors (Lipinski definition) is 3. The Balaban J connectivity index is 1.28. The van der Waals surface area contributed by atoms with Gasteiger partial charge in [0.25, 0.3) is 5.91 Å². The van der Waals surface area contributed by atoms with Crippen LogP contribution in [0.1, 0.15) is 72.5 Å². The van der Waals surface area contributed by atoms with Crippen LogP contribution >= 0.6 is 34.5 Å². The molecule has 2 aromatic heterocycles. The van der Waals surface area contributed by atoms with Crippen LogP contribution in [-0.4, -0.2) is 28.9 Å². The molecule has 2 aliphatic carbocycles. The summed E-state index contributed by atoms with van der Waals surface area (Å²) in [6, 6.07) is 12.8. The highest BCUT2D eigenvalue weighted by Crippen LogP contribution is 2.34. The quantitative estimate of drug-likeness (QED) is 0.240. The number of nitrogens with one attached hydrogen (secondary N) is 3. The number of hydrogen-bond acceptors (Lipinski definition) is 5. The van der Waals surface area contributed by atoms with E-state index in [-0.39, 0.29) is 23.9 Å². The first-order valence-electron chi connectivity index (χ1n) is 13.2. The summed E-state index contributed by atoms with van der Waals surface area (Å²) in [6.07, 6.45) is 9.03. The van der Waals surface area contributed by atoms with E-state index in [1.807, 2.05) is 49.4 Å². The molecule has 2 saturated carbocycles. The van der Waals surface area contributed by atoms with Crippen LogP contribution < -0.4 is 16.0 Å². The third-order valence-corrected chi connectivity index (χ3v) is 8.90. The smallest absolute Gasteiger partial charge is 0.262 e. The summed E-state index contributed by atoms with van der Waals surface area (Å²) < 4.78 is 0. The predicted octanol–water partition coefficient (Wildman–Crippen LogP) is 7.25. The normalized spacial score (nSPS) is 17.1. The minimum absolute atomic E-state index is 0.0541. The van der Waals surface area contributed by atoms with Gasteiger partial charge in [-0.15, -0.1) is 11.3 Å². The molecule has 2 amide bonds. The Morgan fingerprint density at radius 1 is 1.05 bits per heavy atom. The second-order valence-electron chi connectivity index (χ2n) is 10.3. The van der Waals surface area contributed by atoms with Crippen LogP contribution in [0.4, 0.5) is 5.69 Å². The molecule has 200 valence electrons. The Bertz CT molecular complexity index is 1300. The molecule has 2 atom stereocenters. The van der Waals surface area contributed by atoms with Crippen molar-refractivity contribution < 1.29 is 9.59 Å². The molecule has 0 saturated heterocycles. The molecule has 3 aromatic rings. The first-order valence-corrected chi connectivity index (χ1v) is 14.8. The van der Waals surface area contributed by atoms with E-state index in [0.717, 1.165) is 47.5 Å². The van der Waals surface area contributed by atoms with Crippen molar-refractivity contribution in [2.24, 2.45) is 5.92 Å². The van der Waals surface area contributed by atoms with Crippen LogP contribution in [-0.2, 0) is 4.79 Å². The number of carbonyl (C=O) groups excluding carboxylic acids is 2. The third kappa shape index (κ3) is 6.87. The monoisotopic (exact) mass is 570 g/mol. The zero-order valence-corrected chi connectivity index (χ0v) is 23.6. The predicted molar refractivity (Wildman–Crippen MR) is 155 cm³/mol. The van der Waals surface area contributed by atoms with Gasteiger partial charge in [0.1, 0.15) is 6.04 Å². The summed E-state index contributed by atoms with van der Waals surface area (Å²) in [4.78, 5) is 32.2. The van der Waals surface area contributed by atoms with E-state index in [9.17, 15) is 9.59 Å². The number of carbonyl (C=O) groups is 2. The Hall–Kier alpha value is -2.61. The van der Waals surface area contributed by atoms with Crippen molar-refractivity contribution in [3.8, 4) is 11.3 Å². The fourth-order valence-electron chi connectivity index (χ4n) is 5.00. The molecule has 2 fully saturated rings. The fraction of sp³-hybridized carbons (Fsp3) is 0.414. The van der Waals surface area contributed by atoms with Gasteiger partial charge < -0.3 is 16.0 Å². The van der Waals surface area contributed by atoms with Gasteiger partial charge in [-0.25, -0.2) is 0 Å². The molecular formula is C29H32Cl2N4O2S. The molecule has 6 nitrogen and oxygen atoms in total. The van der Waals surface area contributed by atoms with Gasteiger partial charge in [0.05, 0.1) is 27.3 Å². The number of pyridine rings is 1. The van der Waals surface area contributed by atoms with E-state index in [1.54, 1.807) is 6.20 Å². The summed E-state index contributed by atoms with van der Waals surface area (Å²) >= 11 is 13.9. The molecule has 3 N–H and O–H groups in total. The maximum atomic E-state index is 13.2. The molecule has 9 heteroatoms. The maximum Gasteiger partial charge on any atom is 0.262 e. The van der Waals surface area contributed by atoms with E-state index in [4.69, 9.17) is 23.2 Å². The molecule has 0 spiro atoms. The lowest BCUT2D eigenvalue weighted by Crippen LogP contribution is -2.48. The molecule has 0 bridgehead atoms. The van der Waals surface area contributed by atoms with Crippen LogP contribution in [0.25, 0.3) is 11.3 Å². The van der Waals surface area contributed by atoms with Crippen molar-refractivity contribution in [3.63, 3.8) is 0 Å². The summed E-state index contributed by atoms with van der Waals surface area (Å²) in [5.74, 6) is 0.237. The van der Waals surface area contributed by atoms with Crippen LogP contribution in [0, 0.1) is 5.92 Å². The van der Waals surface area contributed by atoms with Gasteiger partial charge in [0.15, 0.2) is 0 Å². The maximum absolute atomic E-state index is 13.2. The number of rotatable bonds is 10. The standard InChI is InChI=1S/C29H32Cl2N4O2S/c1-17(33-23-15-21(31)16-32-27(23)19-7-4-8-20(30)14-19)25-11-12-26(38-25)29(37)35-24(13-18-5-2-3-6-18)28(36)34-22-9-10-22/h4,7-8,11-12,14-18,22,24,33H,2-3,5-6,9-10,13H2,1H3,(H,34,36)(H,35,37)/t17-,24-/m0/s1. The lowest BCUT2D eigenvalue weighted by atomic mass is 9.97. The zero-order chi connectivity index (χ0) is 26.6. The van der Waals surface area contributed by atoms with E-state index >= 15 is 0 Å². The molecule has 38 heavy (non-hydrogen) atoms. The van der Waals surface area contributed by atoms with E-state index < -0.39 is 6.04 Å². The molecule has 2 heterocycles. The van der Waals surface area contributed by atoms with Crippen LogP contribution in [0.5, 0.6) is 0 Å². The van der Waals surface area contributed by atoms with Crippen molar-refractivity contribution in [2.75, 3.05) is 5.32 Å². The van der Waals surface area contributed by atoms with Crippen LogP contribution in [0.3, 0.4) is 0 Å². The minimum Gasteiger partial charge on any atom is -0.376 e. The van der Waals surface area contributed by atoms with Gasteiger partial charge in [-0.1, -0.05) is 61.0 Å². The van der Waals surface area contributed by atoms with Gasteiger partial charge in [-0.05, 0) is 62.4 Å².